The van der Waals surface area contributed by atoms with E-state index in [4.69, 9.17) is 4.74 Å². The summed E-state index contributed by atoms with van der Waals surface area (Å²) < 4.78 is 5.15. The summed E-state index contributed by atoms with van der Waals surface area (Å²) in [6, 6.07) is 8.05. The van der Waals surface area contributed by atoms with Crippen molar-refractivity contribution >= 4 is 5.91 Å². The lowest BCUT2D eigenvalue weighted by Crippen LogP contribution is -2.34. The zero-order valence-electron chi connectivity index (χ0n) is 11.1. The minimum Gasteiger partial charge on any atom is -0.497 e. The van der Waals surface area contributed by atoms with Gasteiger partial charge in [-0.15, -0.1) is 0 Å². The third-order valence-corrected chi connectivity index (χ3v) is 3.56. The Balaban J connectivity index is 1.86. The van der Waals surface area contributed by atoms with Crippen LogP contribution in [0.5, 0.6) is 5.75 Å². The summed E-state index contributed by atoms with van der Waals surface area (Å²) in [5, 5.41) is 3.12. The van der Waals surface area contributed by atoms with Gasteiger partial charge in [0.15, 0.2) is 0 Å². The van der Waals surface area contributed by atoms with Crippen LogP contribution in [0.3, 0.4) is 0 Å². The van der Waals surface area contributed by atoms with E-state index < -0.39 is 0 Å². The second kappa shape index (κ2) is 5.89. The summed E-state index contributed by atoms with van der Waals surface area (Å²) >= 11 is 0. The van der Waals surface area contributed by atoms with Gasteiger partial charge in [0.05, 0.1) is 13.5 Å². The van der Waals surface area contributed by atoms with E-state index in [-0.39, 0.29) is 5.91 Å². The zero-order valence-corrected chi connectivity index (χ0v) is 11.1. The summed E-state index contributed by atoms with van der Waals surface area (Å²) in [7, 11) is 1.64. The fourth-order valence-electron chi connectivity index (χ4n) is 2.58. The van der Waals surface area contributed by atoms with Gasteiger partial charge in [-0.1, -0.05) is 19.1 Å². The van der Waals surface area contributed by atoms with Crippen molar-refractivity contribution in [3.63, 3.8) is 0 Å². The minimum atomic E-state index is 0.113. The van der Waals surface area contributed by atoms with E-state index in [1.54, 1.807) is 7.11 Å². The van der Waals surface area contributed by atoms with Crippen molar-refractivity contribution in [2.75, 3.05) is 7.11 Å². The van der Waals surface area contributed by atoms with Crippen LogP contribution >= 0.6 is 0 Å². The predicted molar refractivity (Wildman–Crippen MR) is 71.6 cm³/mol. The van der Waals surface area contributed by atoms with E-state index in [2.05, 4.69) is 12.2 Å². The molecule has 3 heteroatoms. The molecule has 98 valence electrons. The summed E-state index contributed by atoms with van der Waals surface area (Å²) in [6.45, 7) is 2.24. The molecule has 2 rings (SSSR count). The van der Waals surface area contributed by atoms with Crippen LogP contribution in [0.15, 0.2) is 24.3 Å². The lowest BCUT2D eigenvalue weighted by atomic mass is 10.1. The molecular formula is C15H21NO2. The molecule has 0 bridgehead atoms. The number of amides is 1. The van der Waals surface area contributed by atoms with Crippen LogP contribution in [-0.4, -0.2) is 19.1 Å². The second-order valence-corrected chi connectivity index (χ2v) is 5.21. The normalized spacial score (nSPS) is 22.8. The number of ether oxygens (including phenoxy) is 1. The molecule has 1 aromatic carbocycles. The minimum absolute atomic E-state index is 0.113. The molecule has 1 fully saturated rings. The molecule has 18 heavy (non-hydrogen) atoms. The fourth-order valence-corrected chi connectivity index (χ4v) is 2.58. The Morgan fingerprint density at radius 3 is 2.94 bits per heavy atom. The van der Waals surface area contributed by atoms with Crippen molar-refractivity contribution in [2.45, 2.75) is 38.6 Å². The Labute approximate surface area is 109 Å². The van der Waals surface area contributed by atoms with E-state index in [0.29, 0.717) is 12.5 Å². The first-order valence-electron chi connectivity index (χ1n) is 6.59. The van der Waals surface area contributed by atoms with Crippen molar-refractivity contribution in [3.05, 3.63) is 29.8 Å². The molecule has 2 atom stereocenters. The van der Waals surface area contributed by atoms with Gasteiger partial charge in [-0.05, 0) is 42.9 Å². The highest BCUT2D eigenvalue weighted by atomic mass is 16.5. The van der Waals surface area contributed by atoms with Gasteiger partial charge in [-0.2, -0.15) is 0 Å². The first-order valence-corrected chi connectivity index (χ1v) is 6.59. The lowest BCUT2D eigenvalue weighted by Gasteiger charge is -2.12. The standard InChI is InChI=1S/C15H21NO2/c1-11-6-7-13(8-11)16-15(17)10-12-4-3-5-14(9-12)18-2/h3-5,9,11,13H,6-8,10H2,1-2H3,(H,16,17). The highest BCUT2D eigenvalue weighted by molar-refractivity contribution is 5.79. The molecule has 0 radical (unpaired) electrons. The van der Waals surface area contributed by atoms with Crippen LogP contribution in [0, 0.1) is 5.92 Å². The molecule has 1 aliphatic rings. The molecule has 1 amide bonds. The van der Waals surface area contributed by atoms with Gasteiger partial charge in [0.2, 0.25) is 5.91 Å². The quantitative estimate of drug-likeness (QED) is 0.888. The van der Waals surface area contributed by atoms with E-state index in [0.717, 1.165) is 30.1 Å². The molecular weight excluding hydrogens is 226 g/mol. The molecule has 1 saturated carbocycles. The molecule has 1 aromatic rings. The maximum Gasteiger partial charge on any atom is 0.224 e. The first kappa shape index (κ1) is 12.9. The molecule has 1 N–H and O–H groups in total. The maximum atomic E-state index is 11.9. The third kappa shape index (κ3) is 3.49. The highest BCUT2D eigenvalue weighted by Crippen LogP contribution is 2.24. The summed E-state index contributed by atoms with van der Waals surface area (Å²) in [5.41, 5.74) is 0.998. The second-order valence-electron chi connectivity index (χ2n) is 5.21. The molecule has 0 heterocycles. The number of benzene rings is 1. The molecule has 1 aliphatic carbocycles. The number of rotatable bonds is 4. The maximum absolute atomic E-state index is 11.9. The van der Waals surface area contributed by atoms with Gasteiger partial charge in [0, 0.05) is 6.04 Å². The molecule has 0 aliphatic heterocycles. The predicted octanol–water partition coefficient (Wildman–Crippen LogP) is 2.54. The van der Waals surface area contributed by atoms with Crippen molar-refractivity contribution in [2.24, 2.45) is 5.92 Å². The average Bonchev–Trinajstić information content (AvgIpc) is 2.74. The van der Waals surface area contributed by atoms with Crippen LogP contribution in [0.1, 0.15) is 31.7 Å². The van der Waals surface area contributed by atoms with E-state index in [1.807, 2.05) is 24.3 Å². The molecule has 2 unspecified atom stereocenters. The molecule has 0 aromatic heterocycles. The SMILES string of the molecule is COc1cccc(CC(=O)NC2CCC(C)C2)c1. The Hall–Kier alpha value is -1.51. The van der Waals surface area contributed by atoms with Gasteiger partial charge < -0.3 is 10.1 Å². The number of hydrogen-bond acceptors (Lipinski definition) is 2. The van der Waals surface area contributed by atoms with Crippen LogP contribution in [-0.2, 0) is 11.2 Å². The summed E-state index contributed by atoms with van der Waals surface area (Å²) in [4.78, 5) is 11.9. The number of carbonyl (C=O) groups excluding carboxylic acids is 1. The van der Waals surface area contributed by atoms with Crippen LogP contribution in [0.2, 0.25) is 0 Å². The van der Waals surface area contributed by atoms with Gasteiger partial charge >= 0.3 is 0 Å². The Kier molecular flexibility index (Phi) is 4.24. The van der Waals surface area contributed by atoms with Crippen molar-refractivity contribution in [3.8, 4) is 5.75 Å². The van der Waals surface area contributed by atoms with Crippen LogP contribution in [0.25, 0.3) is 0 Å². The van der Waals surface area contributed by atoms with Crippen LogP contribution < -0.4 is 10.1 Å². The average molecular weight is 247 g/mol. The number of carbonyl (C=O) groups is 1. The van der Waals surface area contributed by atoms with E-state index >= 15 is 0 Å². The van der Waals surface area contributed by atoms with Crippen molar-refractivity contribution < 1.29 is 9.53 Å². The molecule has 0 spiro atoms. The number of methoxy groups -OCH3 is 1. The lowest BCUT2D eigenvalue weighted by molar-refractivity contribution is -0.121. The molecule has 3 nitrogen and oxygen atoms in total. The highest BCUT2D eigenvalue weighted by Gasteiger charge is 2.22. The number of nitrogens with one attached hydrogen (secondary N) is 1. The smallest absolute Gasteiger partial charge is 0.224 e. The fraction of sp³-hybridized carbons (Fsp3) is 0.533. The van der Waals surface area contributed by atoms with Gasteiger partial charge in [0.1, 0.15) is 5.75 Å². The van der Waals surface area contributed by atoms with Crippen LogP contribution in [0.4, 0.5) is 0 Å². The van der Waals surface area contributed by atoms with Gasteiger partial charge in [-0.3, -0.25) is 4.79 Å². The van der Waals surface area contributed by atoms with E-state index in [9.17, 15) is 4.79 Å². The van der Waals surface area contributed by atoms with Gasteiger partial charge in [0.25, 0.3) is 0 Å². The Morgan fingerprint density at radius 1 is 1.44 bits per heavy atom. The zero-order chi connectivity index (χ0) is 13.0. The Morgan fingerprint density at radius 2 is 2.28 bits per heavy atom. The first-order chi connectivity index (χ1) is 8.67. The topological polar surface area (TPSA) is 38.3 Å². The third-order valence-electron chi connectivity index (χ3n) is 3.56. The molecule has 0 saturated heterocycles. The Bertz CT molecular complexity index is 417. The monoisotopic (exact) mass is 247 g/mol. The summed E-state index contributed by atoms with van der Waals surface area (Å²) in [6.07, 6.45) is 3.89. The van der Waals surface area contributed by atoms with E-state index in [1.165, 1.54) is 6.42 Å². The summed E-state index contributed by atoms with van der Waals surface area (Å²) in [5.74, 6) is 1.66. The van der Waals surface area contributed by atoms with Crippen molar-refractivity contribution in [1.29, 1.82) is 0 Å². The largest absolute Gasteiger partial charge is 0.497 e. The van der Waals surface area contributed by atoms with Gasteiger partial charge in [-0.25, -0.2) is 0 Å². The van der Waals surface area contributed by atoms with Crippen molar-refractivity contribution in [1.82, 2.24) is 5.32 Å². The number of hydrogen-bond donors (Lipinski definition) is 1.